The van der Waals surface area contributed by atoms with Gasteiger partial charge in [0.15, 0.2) is 0 Å². The zero-order valence-electron chi connectivity index (χ0n) is 16.1. The molecule has 0 aliphatic heterocycles. The maximum Gasteiger partial charge on any atom is 0.320 e. The van der Waals surface area contributed by atoms with E-state index in [0.717, 1.165) is 24.4 Å². The largest absolute Gasteiger partial charge is 0.384 e. The van der Waals surface area contributed by atoms with Crippen LogP contribution in [0.3, 0.4) is 0 Å². The van der Waals surface area contributed by atoms with Crippen LogP contribution in [0, 0.1) is 11.3 Å². The average Bonchev–Trinajstić information content (AvgIpc) is 3.53. The van der Waals surface area contributed by atoms with Crippen LogP contribution in [0.1, 0.15) is 36.9 Å². The van der Waals surface area contributed by atoms with Gasteiger partial charge in [0.25, 0.3) is 0 Å². The molecule has 7 heteroatoms. The van der Waals surface area contributed by atoms with E-state index in [2.05, 4.69) is 20.9 Å². The Bertz CT molecular complexity index is 793. The van der Waals surface area contributed by atoms with Crippen LogP contribution in [0.15, 0.2) is 42.6 Å². The molecule has 0 radical (unpaired) electrons. The average molecular weight is 381 g/mol. The summed E-state index contributed by atoms with van der Waals surface area (Å²) in [6, 6.07) is 10.8. The molecule has 2 aromatic rings. The molecule has 1 aliphatic carbocycles. The normalized spacial score (nSPS) is 14.2. The van der Waals surface area contributed by atoms with Crippen LogP contribution in [-0.4, -0.2) is 37.0 Å². The van der Waals surface area contributed by atoms with Crippen LogP contribution in [-0.2, 0) is 4.74 Å². The molecule has 28 heavy (non-hydrogen) atoms. The molecule has 1 heterocycles. The lowest BCUT2D eigenvalue weighted by Crippen LogP contribution is -2.35. The molecule has 1 aliphatic rings. The fraction of sp³-hybridized carbons (Fsp3) is 0.381. The summed E-state index contributed by atoms with van der Waals surface area (Å²) in [6.07, 6.45) is 5.32. The van der Waals surface area contributed by atoms with E-state index in [1.807, 2.05) is 37.3 Å². The molecule has 3 rings (SSSR count). The Kier molecular flexibility index (Phi) is 6.97. The smallest absolute Gasteiger partial charge is 0.320 e. The summed E-state index contributed by atoms with van der Waals surface area (Å²) in [7, 11) is 0. The Balaban J connectivity index is 1.63. The molecule has 0 bridgehead atoms. The molecule has 0 unspecified atom stereocenters. The van der Waals surface area contributed by atoms with Gasteiger partial charge in [0.1, 0.15) is 5.82 Å². The van der Waals surface area contributed by atoms with E-state index in [9.17, 15) is 4.79 Å². The number of anilines is 2. The van der Waals surface area contributed by atoms with Crippen molar-refractivity contribution in [2.75, 3.05) is 30.4 Å². The van der Waals surface area contributed by atoms with Gasteiger partial charge in [-0.1, -0.05) is 30.3 Å². The number of amides is 2. The molecule has 1 atom stereocenters. The number of pyridine rings is 1. The number of nitrogens with zero attached hydrogens (tertiary/aromatic N) is 1. The lowest BCUT2D eigenvalue weighted by Gasteiger charge is -2.20. The molecule has 7 nitrogen and oxygen atoms in total. The van der Waals surface area contributed by atoms with E-state index in [4.69, 9.17) is 10.1 Å². The summed E-state index contributed by atoms with van der Waals surface area (Å²) in [5, 5.41) is 16.4. The van der Waals surface area contributed by atoms with Gasteiger partial charge < -0.3 is 20.8 Å². The second-order valence-corrected chi connectivity index (χ2v) is 6.87. The van der Waals surface area contributed by atoms with Gasteiger partial charge in [0.2, 0.25) is 0 Å². The summed E-state index contributed by atoms with van der Waals surface area (Å²) < 4.78 is 5.81. The fourth-order valence-electron chi connectivity index (χ4n) is 2.85. The first-order valence-corrected chi connectivity index (χ1v) is 9.64. The van der Waals surface area contributed by atoms with Gasteiger partial charge in [-0.05, 0) is 37.3 Å². The Morgan fingerprint density at radius 1 is 1.36 bits per heavy atom. The highest BCUT2D eigenvalue weighted by Gasteiger charge is 2.22. The predicted octanol–water partition coefficient (Wildman–Crippen LogP) is 3.80. The zero-order valence-corrected chi connectivity index (χ0v) is 16.1. The van der Waals surface area contributed by atoms with Gasteiger partial charge in [0.05, 0.1) is 24.5 Å². The molecular formula is C21H27N5O2. The molecule has 0 saturated heterocycles. The number of nitrogens with one attached hydrogen (secondary N) is 4. The van der Waals surface area contributed by atoms with Crippen LogP contribution >= 0.6 is 0 Å². The topological polar surface area (TPSA) is 99.1 Å². The first-order chi connectivity index (χ1) is 13.7. The van der Waals surface area contributed by atoms with Crippen LogP contribution in [0.5, 0.6) is 0 Å². The highest BCUT2D eigenvalue weighted by molar-refractivity contribution is 5.92. The molecule has 4 N–H and O–H groups in total. The van der Waals surface area contributed by atoms with Gasteiger partial charge >= 0.3 is 6.03 Å². The van der Waals surface area contributed by atoms with E-state index in [1.165, 1.54) is 19.1 Å². The van der Waals surface area contributed by atoms with Crippen molar-refractivity contribution in [2.24, 2.45) is 5.92 Å². The summed E-state index contributed by atoms with van der Waals surface area (Å²) in [4.78, 5) is 16.8. The summed E-state index contributed by atoms with van der Waals surface area (Å²) in [6.45, 7) is 3.87. The fourth-order valence-corrected chi connectivity index (χ4v) is 2.85. The Hall–Kier alpha value is -2.93. The van der Waals surface area contributed by atoms with Crippen molar-refractivity contribution >= 4 is 23.8 Å². The van der Waals surface area contributed by atoms with Crippen LogP contribution < -0.4 is 16.0 Å². The molecular weight excluding hydrogens is 354 g/mol. The molecule has 1 aromatic carbocycles. The third kappa shape index (κ3) is 5.79. The molecule has 1 fully saturated rings. The lowest BCUT2D eigenvalue weighted by atomic mass is 10.1. The highest BCUT2D eigenvalue weighted by Crippen LogP contribution is 2.29. The number of urea groups is 1. The van der Waals surface area contributed by atoms with Crippen molar-refractivity contribution in [1.29, 1.82) is 5.41 Å². The van der Waals surface area contributed by atoms with Crippen molar-refractivity contribution in [2.45, 2.75) is 25.8 Å². The van der Waals surface area contributed by atoms with Crippen LogP contribution in [0.4, 0.5) is 16.3 Å². The summed E-state index contributed by atoms with van der Waals surface area (Å²) >= 11 is 0. The van der Waals surface area contributed by atoms with Crippen molar-refractivity contribution < 1.29 is 9.53 Å². The van der Waals surface area contributed by atoms with E-state index < -0.39 is 0 Å². The standard InChI is InChI=1S/C21H27N5O2/c1-2-23-18-12-24-20(10-17(18)11-22)26-21(27)25-19(14-28-13-15-8-9-15)16-6-4-3-5-7-16/h3-7,10-12,15,19,22-23H,2,8-9,13-14H2,1H3,(H2,24,25,26,27)/t19-/m1/s1. The van der Waals surface area contributed by atoms with E-state index in [-0.39, 0.29) is 12.1 Å². The molecule has 1 aromatic heterocycles. The minimum absolute atomic E-state index is 0.247. The monoisotopic (exact) mass is 381 g/mol. The SMILES string of the molecule is CCNc1cnc(NC(=O)N[C@H](COCC2CC2)c2ccccc2)cc1C=N. The summed E-state index contributed by atoms with van der Waals surface area (Å²) in [5.74, 6) is 1.06. The van der Waals surface area contributed by atoms with Crippen molar-refractivity contribution in [3.63, 3.8) is 0 Å². The van der Waals surface area contributed by atoms with Gasteiger partial charge in [-0.25, -0.2) is 9.78 Å². The summed E-state index contributed by atoms with van der Waals surface area (Å²) in [5.41, 5.74) is 2.42. The van der Waals surface area contributed by atoms with Gasteiger partial charge in [-0.15, -0.1) is 0 Å². The maximum absolute atomic E-state index is 12.5. The van der Waals surface area contributed by atoms with E-state index in [0.29, 0.717) is 23.9 Å². The second kappa shape index (κ2) is 9.85. The number of carbonyl (C=O) groups excluding carboxylic acids is 1. The first-order valence-electron chi connectivity index (χ1n) is 9.64. The van der Waals surface area contributed by atoms with Gasteiger partial charge in [0, 0.05) is 24.9 Å². The Morgan fingerprint density at radius 2 is 2.14 bits per heavy atom. The highest BCUT2D eigenvalue weighted by atomic mass is 16.5. The van der Waals surface area contributed by atoms with Crippen LogP contribution in [0.2, 0.25) is 0 Å². The number of hydrogen-bond donors (Lipinski definition) is 4. The van der Waals surface area contributed by atoms with Gasteiger partial charge in [-0.3, -0.25) is 5.32 Å². The molecule has 0 spiro atoms. The molecule has 2 amide bonds. The third-order valence-corrected chi connectivity index (χ3v) is 4.54. The third-order valence-electron chi connectivity index (χ3n) is 4.54. The Labute approximate surface area is 165 Å². The minimum atomic E-state index is -0.358. The second-order valence-electron chi connectivity index (χ2n) is 6.87. The van der Waals surface area contributed by atoms with Crippen molar-refractivity contribution in [3.8, 4) is 0 Å². The van der Waals surface area contributed by atoms with Crippen LogP contribution in [0.25, 0.3) is 0 Å². The first kappa shape index (κ1) is 19.8. The molecule has 1 saturated carbocycles. The van der Waals surface area contributed by atoms with E-state index in [1.54, 1.807) is 12.3 Å². The zero-order chi connectivity index (χ0) is 19.8. The minimum Gasteiger partial charge on any atom is -0.384 e. The quantitative estimate of drug-likeness (QED) is 0.470. The number of ether oxygens (including phenoxy) is 1. The lowest BCUT2D eigenvalue weighted by molar-refractivity contribution is 0.105. The van der Waals surface area contributed by atoms with Crippen molar-refractivity contribution in [3.05, 3.63) is 53.7 Å². The number of rotatable bonds is 10. The maximum atomic E-state index is 12.5. The van der Waals surface area contributed by atoms with E-state index >= 15 is 0 Å². The van der Waals surface area contributed by atoms with Gasteiger partial charge in [-0.2, -0.15) is 0 Å². The number of hydrogen-bond acceptors (Lipinski definition) is 5. The number of benzene rings is 1. The molecule has 148 valence electrons. The van der Waals surface area contributed by atoms with Crippen molar-refractivity contribution in [1.82, 2.24) is 10.3 Å². The number of carbonyl (C=O) groups is 1. The Morgan fingerprint density at radius 3 is 2.82 bits per heavy atom. The predicted molar refractivity (Wildman–Crippen MR) is 111 cm³/mol. The number of aromatic nitrogens is 1.